The minimum absolute atomic E-state index is 1.09. The van der Waals surface area contributed by atoms with Crippen molar-refractivity contribution in [2.45, 2.75) is 9.79 Å². The van der Waals surface area contributed by atoms with Crippen LogP contribution in [0, 0.1) is 0 Å². The van der Waals surface area contributed by atoms with Crippen LogP contribution in [-0.2, 0) is 0 Å². The van der Waals surface area contributed by atoms with Gasteiger partial charge in [0.15, 0.2) is 0 Å². The van der Waals surface area contributed by atoms with Gasteiger partial charge in [0.1, 0.15) is 0 Å². The average Bonchev–Trinajstić information content (AvgIpc) is 3.05. The number of benzene rings is 4. The van der Waals surface area contributed by atoms with Crippen LogP contribution in [0.5, 0.6) is 0 Å². The Hall–Kier alpha value is -2.49. The van der Waals surface area contributed by atoms with Gasteiger partial charge in [-0.15, -0.1) is 0 Å². The van der Waals surface area contributed by atoms with Gasteiger partial charge in [0.2, 0.25) is 0 Å². The van der Waals surface area contributed by atoms with Gasteiger partial charge in [0.25, 0.3) is 0 Å². The molecule has 0 saturated carbocycles. The molecule has 4 aromatic carbocycles. The van der Waals surface area contributed by atoms with Gasteiger partial charge in [-0.1, -0.05) is 76.2 Å². The van der Waals surface area contributed by atoms with E-state index in [1.165, 1.54) is 37.3 Å². The Morgan fingerprint density at radius 1 is 0.630 bits per heavy atom. The van der Waals surface area contributed by atoms with Gasteiger partial charge in [-0.05, 0) is 48.5 Å². The molecule has 0 amide bonds. The largest absolute Gasteiger partial charge is 0.308 e. The molecule has 0 fully saturated rings. The summed E-state index contributed by atoms with van der Waals surface area (Å²) in [6.45, 7) is 0. The Bertz CT molecular complexity index is 1240. The molecule has 130 valence electrons. The second kappa shape index (κ2) is 6.91. The number of rotatable bonds is 3. The molecule has 0 aliphatic carbocycles. The van der Waals surface area contributed by atoms with E-state index >= 15 is 0 Å². The van der Waals surface area contributed by atoms with Crippen LogP contribution in [0.1, 0.15) is 0 Å². The molecule has 0 bridgehead atoms. The summed E-state index contributed by atoms with van der Waals surface area (Å²) in [4.78, 5) is 2.51. The number of nitrogens with zero attached hydrogens (tertiary/aromatic N) is 1. The number of fused-ring (bicyclic) bond motifs is 3. The molecule has 5 rings (SSSR count). The first-order valence-electron chi connectivity index (χ1n) is 8.82. The minimum atomic E-state index is 1.09. The third-order valence-corrected chi connectivity index (χ3v) is 6.30. The molecular weight excluding hydrogens is 414 g/mol. The van der Waals surface area contributed by atoms with Gasteiger partial charge >= 0.3 is 0 Å². The summed E-state index contributed by atoms with van der Waals surface area (Å²) >= 11 is 5.37. The molecule has 0 spiro atoms. The zero-order chi connectivity index (χ0) is 18.2. The zero-order valence-electron chi connectivity index (χ0n) is 14.5. The van der Waals surface area contributed by atoms with Crippen molar-refractivity contribution in [1.29, 1.82) is 0 Å². The lowest BCUT2D eigenvalue weighted by molar-refractivity contribution is 1.16. The van der Waals surface area contributed by atoms with Crippen molar-refractivity contribution in [1.82, 2.24) is 4.57 Å². The summed E-state index contributed by atoms with van der Waals surface area (Å²) in [7, 11) is 0. The van der Waals surface area contributed by atoms with Gasteiger partial charge in [0, 0.05) is 30.7 Å². The van der Waals surface area contributed by atoms with Gasteiger partial charge in [-0.25, -0.2) is 0 Å². The predicted molar refractivity (Wildman–Crippen MR) is 119 cm³/mol. The Labute approximate surface area is 170 Å². The van der Waals surface area contributed by atoms with Crippen molar-refractivity contribution in [3.63, 3.8) is 0 Å². The maximum absolute atomic E-state index is 3.55. The maximum Gasteiger partial charge on any atom is 0.0680 e. The van der Waals surface area contributed by atoms with Gasteiger partial charge in [0.05, 0.1) is 11.0 Å². The standard InChI is InChI=1S/C24H16BrNS/c25-17-13-15-18(16-14-17)26-22-11-5-4-9-20(22)21-10-6-12-23(24(21)26)27-19-7-2-1-3-8-19/h1-16H. The summed E-state index contributed by atoms with van der Waals surface area (Å²) in [5.74, 6) is 0. The second-order valence-corrected chi connectivity index (χ2v) is 8.43. The predicted octanol–water partition coefficient (Wildman–Crippen LogP) is 7.70. The number of para-hydroxylation sites is 2. The van der Waals surface area contributed by atoms with Crippen molar-refractivity contribution in [2.75, 3.05) is 0 Å². The van der Waals surface area contributed by atoms with Crippen LogP contribution in [0.25, 0.3) is 27.5 Å². The van der Waals surface area contributed by atoms with Crippen LogP contribution in [0.15, 0.2) is 111 Å². The molecule has 0 N–H and O–H groups in total. The molecule has 5 aromatic rings. The first-order valence-corrected chi connectivity index (χ1v) is 10.4. The van der Waals surface area contributed by atoms with Crippen molar-refractivity contribution < 1.29 is 0 Å². The lowest BCUT2D eigenvalue weighted by Gasteiger charge is -2.11. The molecule has 1 aromatic heterocycles. The van der Waals surface area contributed by atoms with Crippen LogP contribution in [-0.4, -0.2) is 4.57 Å². The number of hydrogen-bond donors (Lipinski definition) is 0. The van der Waals surface area contributed by atoms with Crippen LogP contribution in [0.3, 0.4) is 0 Å². The third kappa shape index (κ3) is 2.97. The quantitative estimate of drug-likeness (QED) is 0.284. The lowest BCUT2D eigenvalue weighted by Crippen LogP contribution is -1.94. The molecule has 1 heterocycles. The Morgan fingerprint density at radius 3 is 2.15 bits per heavy atom. The summed E-state index contributed by atoms with van der Waals surface area (Å²) in [5, 5.41) is 2.57. The molecule has 0 unspecified atom stereocenters. The van der Waals surface area contributed by atoms with Crippen molar-refractivity contribution in [2.24, 2.45) is 0 Å². The highest BCUT2D eigenvalue weighted by molar-refractivity contribution is 9.10. The van der Waals surface area contributed by atoms with E-state index in [1.54, 1.807) is 0 Å². The van der Waals surface area contributed by atoms with Crippen molar-refractivity contribution in [3.8, 4) is 5.69 Å². The van der Waals surface area contributed by atoms with Crippen molar-refractivity contribution in [3.05, 3.63) is 102 Å². The van der Waals surface area contributed by atoms with Crippen LogP contribution >= 0.6 is 27.7 Å². The molecule has 1 nitrogen and oxygen atoms in total. The van der Waals surface area contributed by atoms with E-state index in [0.29, 0.717) is 0 Å². The first-order chi connectivity index (χ1) is 13.3. The first kappa shape index (κ1) is 16.7. The molecule has 0 aliphatic heterocycles. The Balaban J connectivity index is 1.83. The molecule has 0 aliphatic rings. The summed E-state index contributed by atoms with van der Waals surface area (Å²) in [6.07, 6.45) is 0. The van der Waals surface area contributed by atoms with Crippen LogP contribution in [0.2, 0.25) is 0 Å². The fourth-order valence-corrected chi connectivity index (χ4v) is 4.80. The monoisotopic (exact) mass is 429 g/mol. The highest BCUT2D eigenvalue weighted by atomic mass is 79.9. The normalized spacial score (nSPS) is 11.3. The van der Waals surface area contributed by atoms with Crippen LogP contribution in [0.4, 0.5) is 0 Å². The number of hydrogen-bond acceptors (Lipinski definition) is 1. The van der Waals surface area contributed by atoms with E-state index < -0.39 is 0 Å². The summed E-state index contributed by atoms with van der Waals surface area (Å²) < 4.78 is 3.47. The molecule has 0 atom stereocenters. The van der Waals surface area contributed by atoms with Gasteiger partial charge in [-0.2, -0.15) is 0 Å². The van der Waals surface area contributed by atoms with Crippen molar-refractivity contribution >= 4 is 49.5 Å². The topological polar surface area (TPSA) is 4.93 Å². The fraction of sp³-hybridized carbons (Fsp3) is 0. The van der Waals surface area contributed by atoms with Crippen LogP contribution < -0.4 is 0 Å². The van der Waals surface area contributed by atoms with Gasteiger partial charge < -0.3 is 4.57 Å². The van der Waals surface area contributed by atoms with E-state index in [9.17, 15) is 0 Å². The molecule has 0 saturated heterocycles. The maximum atomic E-state index is 3.55. The zero-order valence-corrected chi connectivity index (χ0v) is 16.9. The average molecular weight is 430 g/mol. The summed E-state index contributed by atoms with van der Waals surface area (Å²) in [5.41, 5.74) is 3.66. The highest BCUT2D eigenvalue weighted by Gasteiger charge is 2.15. The molecule has 3 heteroatoms. The SMILES string of the molecule is Brc1ccc(-n2c3ccccc3c3cccc(Sc4ccccc4)c32)cc1. The number of halogens is 1. The second-order valence-electron chi connectivity index (χ2n) is 6.40. The molecular formula is C24H16BrNS. The Morgan fingerprint density at radius 2 is 1.33 bits per heavy atom. The van der Waals surface area contributed by atoms with E-state index in [1.807, 2.05) is 11.8 Å². The highest BCUT2D eigenvalue weighted by Crippen LogP contribution is 2.39. The minimum Gasteiger partial charge on any atom is -0.308 e. The fourth-order valence-electron chi connectivity index (χ4n) is 3.54. The summed E-state index contributed by atoms with van der Waals surface area (Å²) in [6, 6.07) is 34.3. The lowest BCUT2D eigenvalue weighted by atomic mass is 10.1. The third-order valence-electron chi connectivity index (χ3n) is 4.71. The van der Waals surface area contributed by atoms with E-state index in [0.717, 1.165) is 4.47 Å². The molecule has 0 radical (unpaired) electrons. The van der Waals surface area contributed by atoms with Gasteiger partial charge in [-0.3, -0.25) is 0 Å². The van der Waals surface area contributed by atoms with E-state index in [-0.39, 0.29) is 0 Å². The number of aromatic nitrogens is 1. The van der Waals surface area contributed by atoms with E-state index in [2.05, 4.69) is 118 Å². The smallest absolute Gasteiger partial charge is 0.0680 e. The van der Waals surface area contributed by atoms with E-state index in [4.69, 9.17) is 0 Å². The molecule has 27 heavy (non-hydrogen) atoms. The Kier molecular flexibility index (Phi) is 4.27.